The first-order chi connectivity index (χ1) is 4.74. The van der Waals surface area contributed by atoms with Gasteiger partial charge in [-0.15, -0.1) is 0 Å². The van der Waals surface area contributed by atoms with Crippen LogP contribution in [0.2, 0.25) is 0 Å². The van der Waals surface area contributed by atoms with Crippen molar-refractivity contribution in [3.63, 3.8) is 0 Å². The van der Waals surface area contributed by atoms with Crippen molar-refractivity contribution in [1.82, 2.24) is 9.97 Å². The van der Waals surface area contributed by atoms with E-state index in [0.29, 0.717) is 3.57 Å². The summed E-state index contributed by atoms with van der Waals surface area (Å²) in [4.78, 5) is 17.5. The van der Waals surface area contributed by atoms with Gasteiger partial charge in [0.15, 0.2) is 0 Å². The SMILES string of the molecule is CCc1ncc(I)c(=O)[nH]1. The number of aryl methyl sites for hydroxylation is 1. The molecule has 1 N–H and O–H groups in total. The van der Waals surface area contributed by atoms with Crippen molar-refractivity contribution in [1.29, 1.82) is 0 Å². The van der Waals surface area contributed by atoms with Crippen molar-refractivity contribution in [3.8, 4) is 0 Å². The van der Waals surface area contributed by atoms with Gasteiger partial charge in [-0.3, -0.25) is 4.79 Å². The van der Waals surface area contributed by atoms with E-state index in [9.17, 15) is 4.79 Å². The number of halogens is 1. The fourth-order valence-corrected chi connectivity index (χ4v) is 0.870. The maximum Gasteiger partial charge on any atom is 0.264 e. The smallest absolute Gasteiger partial charge is 0.264 e. The fraction of sp³-hybridized carbons (Fsp3) is 0.333. The highest BCUT2D eigenvalue weighted by molar-refractivity contribution is 14.1. The summed E-state index contributed by atoms with van der Waals surface area (Å²) in [5, 5.41) is 0. The number of H-pyrrole nitrogens is 1. The number of nitrogens with zero attached hydrogens (tertiary/aromatic N) is 1. The fourth-order valence-electron chi connectivity index (χ4n) is 0.596. The van der Waals surface area contributed by atoms with E-state index in [4.69, 9.17) is 0 Å². The molecule has 0 aliphatic rings. The van der Waals surface area contributed by atoms with Crippen LogP contribution in [0.3, 0.4) is 0 Å². The van der Waals surface area contributed by atoms with E-state index in [1.165, 1.54) is 0 Å². The zero-order chi connectivity index (χ0) is 7.56. The lowest BCUT2D eigenvalue weighted by atomic mass is 10.4. The molecule has 1 aromatic rings. The number of rotatable bonds is 1. The molecule has 0 aliphatic carbocycles. The second-order valence-electron chi connectivity index (χ2n) is 1.86. The zero-order valence-electron chi connectivity index (χ0n) is 5.52. The Hall–Kier alpha value is -0.390. The third-order valence-electron chi connectivity index (χ3n) is 1.14. The summed E-state index contributed by atoms with van der Waals surface area (Å²) >= 11 is 1.95. The molecule has 0 aromatic carbocycles. The molecular formula is C6H7IN2O. The van der Waals surface area contributed by atoms with E-state index in [0.717, 1.165) is 12.2 Å². The monoisotopic (exact) mass is 250 g/mol. The minimum absolute atomic E-state index is 0.0487. The van der Waals surface area contributed by atoms with Crippen LogP contribution in [0.5, 0.6) is 0 Å². The Kier molecular flexibility index (Phi) is 2.42. The first-order valence-electron chi connectivity index (χ1n) is 2.97. The minimum Gasteiger partial charge on any atom is -0.310 e. The van der Waals surface area contributed by atoms with Gasteiger partial charge in [0, 0.05) is 12.6 Å². The predicted octanol–water partition coefficient (Wildman–Crippen LogP) is 0.937. The summed E-state index contributed by atoms with van der Waals surface area (Å²) in [6, 6.07) is 0. The molecule has 1 heterocycles. The second-order valence-corrected chi connectivity index (χ2v) is 3.02. The topological polar surface area (TPSA) is 45.8 Å². The lowest BCUT2D eigenvalue weighted by Gasteiger charge is -1.93. The predicted molar refractivity (Wildman–Crippen MR) is 47.0 cm³/mol. The van der Waals surface area contributed by atoms with E-state index in [2.05, 4.69) is 9.97 Å². The molecule has 54 valence electrons. The summed E-state index contributed by atoms with van der Waals surface area (Å²) in [5.74, 6) is 0.741. The number of hydrogen-bond donors (Lipinski definition) is 1. The van der Waals surface area contributed by atoms with Gasteiger partial charge in [0.2, 0.25) is 0 Å². The Morgan fingerprint density at radius 3 is 3.00 bits per heavy atom. The van der Waals surface area contributed by atoms with Gasteiger partial charge in [0.05, 0.1) is 3.57 Å². The van der Waals surface area contributed by atoms with Crippen molar-refractivity contribution >= 4 is 22.6 Å². The van der Waals surface area contributed by atoms with E-state index in [1.807, 2.05) is 29.5 Å². The molecule has 10 heavy (non-hydrogen) atoms. The van der Waals surface area contributed by atoms with Crippen molar-refractivity contribution < 1.29 is 0 Å². The highest BCUT2D eigenvalue weighted by Crippen LogP contribution is 1.93. The Morgan fingerprint density at radius 1 is 1.80 bits per heavy atom. The number of aromatic amines is 1. The molecule has 4 heteroatoms. The molecule has 0 saturated heterocycles. The van der Waals surface area contributed by atoms with E-state index in [-0.39, 0.29) is 5.56 Å². The van der Waals surface area contributed by atoms with Gasteiger partial charge >= 0.3 is 0 Å². The molecular weight excluding hydrogens is 243 g/mol. The van der Waals surface area contributed by atoms with Crippen molar-refractivity contribution in [2.75, 3.05) is 0 Å². The molecule has 0 atom stereocenters. The average Bonchev–Trinajstić information content (AvgIpc) is 1.95. The Bertz CT molecular complexity index is 281. The van der Waals surface area contributed by atoms with Gasteiger partial charge in [-0.2, -0.15) is 0 Å². The number of nitrogens with one attached hydrogen (secondary N) is 1. The summed E-state index contributed by atoms with van der Waals surface area (Å²) in [7, 11) is 0. The van der Waals surface area contributed by atoms with Gasteiger partial charge in [0.1, 0.15) is 5.82 Å². The maximum absolute atomic E-state index is 10.9. The van der Waals surface area contributed by atoms with Crippen LogP contribution in [0, 0.1) is 3.57 Å². The molecule has 3 nitrogen and oxygen atoms in total. The standard InChI is InChI=1S/C6H7IN2O/c1-2-5-8-3-4(7)6(10)9-5/h3H,2H2,1H3,(H,8,9,10). The molecule has 0 aliphatic heterocycles. The number of hydrogen-bond acceptors (Lipinski definition) is 2. The van der Waals surface area contributed by atoms with Gasteiger partial charge in [-0.25, -0.2) is 4.98 Å². The van der Waals surface area contributed by atoms with Crippen LogP contribution in [-0.2, 0) is 6.42 Å². The van der Waals surface area contributed by atoms with Crippen LogP contribution >= 0.6 is 22.6 Å². The minimum atomic E-state index is -0.0487. The first-order valence-corrected chi connectivity index (χ1v) is 4.05. The first kappa shape index (κ1) is 7.71. The van der Waals surface area contributed by atoms with Crippen LogP contribution in [0.25, 0.3) is 0 Å². The van der Waals surface area contributed by atoms with Crippen molar-refractivity contribution in [2.45, 2.75) is 13.3 Å². The Morgan fingerprint density at radius 2 is 2.50 bits per heavy atom. The average molecular weight is 250 g/mol. The summed E-state index contributed by atoms with van der Waals surface area (Å²) in [6.45, 7) is 1.95. The highest BCUT2D eigenvalue weighted by Gasteiger charge is 1.95. The van der Waals surface area contributed by atoms with Crippen molar-refractivity contribution in [3.05, 3.63) is 25.9 Å². The van der Waals surface area contributed by atoms with Crippen LogP contribution < -0.4 is 5.56 Å². The molecule has 0 spiro atoms. The van der Waals surface area contributed by atoms with Crippen LogP contribution in [-0.4, -0.2) is 9.97 Å². The molecule has 1 aromatic heterocycles. The quantitative estimate of drug-likeness (QED) is 0.754. The summed E-state index contributed by atoms with van der Waals surface area (Å²) in [5.41, 5.74) is -0.0487. The maximum atomic E-state index is 10.9. The van der Waals surface area contributed by atoms with E-state index >= 15 is 0 Å². The van der Waals surface area contributed by atoms with Crippen LogP contribution in [0.1, 0.15) is 12.7 Å². The molecule has 0 radical (unpaired) electrons. The largest absolute Gasteiger partial charge is 0.310 e. The molecule has 0 saturated carbocycles. The summed E-state index contributed by atoms with van der Waals surface area (Å²) < 4.78 is 0.634. The normalized spacial score (nSPS) is 9.80. The Labute approximate surface area is 72.0 Å². The van der Waals surface area contributed by atoms with E-state index < -0.39 is 0 Å². The molecule has 0 unspecified atom stereocenters. The van der Waals surface area contributed by atoms with Gasteiger partial charge in [-0.05, 0) is 22.6 Å². The van der Waals surface area contributed by atoms with Gasteiger partial charge in [-0.1, -0.05) is 6.92 Å². The van der Waals surface area contributed by atoms with Gasteiger partial charge in [0.25, 0.3) is 5.56 Å². The van der Waals surface area contributed by atoms with Crippen LogP contribution in [0.15, 0.2) is 11.0 Å². The molecule has 0 bridgehead atoms. The summed E-state index contributed by atoms with van der Waals surface area (Å²) in [6.07, 6.45) is 2.35. The van der Waals surface area contributed by atoms with Gasteiger partial charge < -0.3 is 4.98 Å². The van der Waals surface area contributed by atoms with Crippen LogP contribution in [0.4, 0.5) is 0 Å². The Balaban J connectivity index is 3.17. The third kappa shape index (κ3) is 1.56. The zero-order valence-corrected chi connectivity index (χ0v) is 7.68. The van der Waals surface area contributed by atoms with Crippen molar-refractivity contribution in [2.24, 2.45) is 0 Å². The van der Waals surface area contributed by atoms with E-state index in [1.54, 1.807) is 6.20 Å². The molecule has 0 amide bonds. The lowest BCUT2D eigenvalue weighted by Crippen LogP contribution is -2.12. The second kappa shape index (κ2) is 3.14. The highest BCUT2D eigenvalue weighted by atomic mass is 127. The molecule has 0 fully saturated rings. The number of aromatic nitrogens is 2. The lowest BCUT2D eigenvalue weighted by molar-refractivity contribution is 0.912. The molecule has 1 rings (SSSR count). The third-order valence-corrected chi connectivity index (χ3v) is 1.91.